The van der Waals surface area contributed by atoms with E-state index in [9.17, 15) is 0 Å². The Balaban J connectivity index is 2.16. The van der Waals surface area contributed by atoms with E-state index in [0.29, 0.717) is 0 Å². The van der Waals surface area contributed by atoms with E-state index in [2.05, 4.69) is 49.4 Å². The molecule has 0 amide bonds. The minimum absolute atomic E-state index is 0.739. The molecule has 0 saturated carbocycles. The lowest BCUT2D eigenvalue weighted by Gasteiger charge is -2.27. The van der Waals surface area contributed by atoms with Gasteiger partial charge in [0.15, 0.2) is 0 Å². The number of hydrogen-bond donors (Lipinski definition) is 0. The van der Waals surface area contributed by atoms with Gasteiger partial charge in [-0.1, -0.05) is 55.8 Å². The summed E-state index contributed by atoms with van der Waals surface area (Å²) in [6, 6.07) is 11.0. The predicted octanol–water partition coefficient (Wildman–Crippen LogP) is 4.93. The first-order valence-corrected chi connectivity index (χ1v) is 6.63. The summed E-state index contributed by atoms with van der Waals surface area (Å²) in [4.78, 5) is 0. The molecule has 0 heterocycles. The van der Waals surface area contributed by atoms with Crippen LogP contribution >= 0.6 is 0 Å². The quantitative estimate of drug-likeness (QED) is 0.624. The number of benzene rings is 1. The normalized spacial score (nSPS) is 21.9. The third kappa shape index (κ3) is 2.75. The second-order valence-corrected chi connectivity index (χ2v) is 4.83. The summed E-state index contributed by atoms with van der Waals surface area (Å²) in [5, 5.41) is 0. The maximum absolute atomic E-state index is 2.46. The molecular weight excluding hydrogens is 192 g/mol. The Morgan fingerprint density at radius 1 is 1.25 bits per heavy atom. The Labute approximate surface area is 99.4 Å². The highest BCUT2D eigenvalue weighted by atomic mass is 14.3. The maximum Gasteiger partial charge on any atom is -0.00991 e. The third-order valence-corrected chi connectivity index (χ3v) is 3.64. The fourth-order valence-electron chi connectivity index (χ4n) is 2.81. The Morgan fingerprint density at radius 3 is 2.69 bits per heavy atom. The Hall–Kier alpha value is -1.04. The van der Waals surface area contributed by atoms with E-state index in [1.807, 2.05) is 0 Å². The van der Waals surface area contributed by atoms with Crippen molar-refractivity contribution in [2.24, 2.45) is 5.92 Å². The molecule has 1 aliphatic rings. The van der Waals surface area contributed by atoms with Gasteiger partial charge in [-0.3, -0.25) is 0 Å². The van der Waals surface area contributed by atoms with Crippen LogP contribution in [0.1, 0.15) is 50.5 Å². The first-order valence-electron chi connectivity index (χ1n) is 6.63. The molecule has 0 saturated heterocycles. The first kappa shape index (κ1) is 11.4. The van der Waals surface area contributed by atoms with Gasteiger partial charge < -0.3 is 0 Å². The van der Waals surface area contributed by atoms with Gasteiger partial charge in [0.25, 0.3) is 0 Å². The summed E-state index contributed by atoms with van der Waals surface area (Å²) in [6.45, 7) is 2.29. The molecule has 2 rings (SSSR count). The minimum atomic E-state index is 0.739. The van der Waals surface area contributed by atoms with Crippen LogP contribution in [0.3, 0.4) is 0 Å². The van der Waals surface area contributed by atoms with Crippen LogP contribution in [0.5, 0.6) is 0 Å². The van der Waals surface area contributed by atoms with Gasteiger partial charge >= 0.3 is 0 Å². The Morgan fingerprint density at radius 2 is 2.06 bits per heavy atom. The lowest BCUT2D eigenvalue weighted by molar-refractivity contribution is 0.422. The molecule has 0 aromatic heterocycles. The van der Waals surface area contributed by atoms with Crippen LogP contribution in [0.25, 0.3) is 0 Å². The second-order valence-electron chi connectivity index (χ2n) is 4.83. The molecule has 0 fully saturated rings. The van der Waals surface area contributed by atoms with Gasteiger partial charge in [0.05, 0.1) is 0 Å². The van der Waals surface area contributed by atoms with Gasteiger partial charge in [-0.05, 0) is 43.1 Å². The van der Waals surface area contributed by atoms with Crippen molar-refractivity contribution in [3.63, 3.8) is 0 Å². The molecule has 2 unspecified atom stereocenters. The standard InChI is InChI=1S/C16H22/c1-2-9-16(14-10-5-3-6-11-14)15-12-7-4-8-13-15/h3,5-7,10-12,15-16H,2,4,8-9,13H2,1H3. The van der Waals surface area contributed by atoms with Gasteiger partial charge in [0.2, 0.25) is 0 Å². The van der Waals surface area contributed by atoms with E-state index in [1.54, 1.807) is 0 Å². The van der Waals surface area contributed by atoms with Crippen molar-refractivity contribution in [3.8, 4) is 0 Å². The fourth-order valence-corrected chi connectivity index (χ4v) is 2.81. The number of hydrogen-bond acceptors (Lipinski definition) is 0. The van der Waals surface area contributed by atoms with Crippen LogP contribution in [0.2, 0.25) is 0 Å². The highest BCUT2D eigenvalue weighted by Gasteiger charge is 2.21. The van der Waals surface area contributed by atoms with E-state index in [-0.39, 0.29) is 0 Å². The average Bonchev–Trinajstić information content (AvgIpc) is 2.38. The zero-order valence-corrected chi connectivity index (χ0v) is 10.2. The fraction of sp³-hybridized carbons (Fsp3) is 0.500. The molecule has 16 heavy (non-hydrogen) atoms. The van der Waals surface area contributed by atoms with Gasteiger partial charge in [0, 0.05) is 0 Å². The molecule has 0 nitrogen and oxygen atoms in total. The lowest BCUT2D eigenvalue weighted by Crippen LogP contribution is -2.13. The van der Waals surface area contributed by atoms with E-state index >= 15 is 0 Å². The topological polar surface area (TPSA) is 0 Å². The molecule has 86 valence electrons. The zero-order valence-electron chi connectivity index (χ0n) is 10.2. The van der Waals surface area contributed by atoms with Crippen LogP contribution in [0, 0.1) is 5.92 Å². The molecule has 0 spiro atoms. The SMILES string of the molecule is CCCC(c1ccccc1)C1C=CCCC1. The molecule has 0 N–H and O–H groups in total. The van der Waals surface area contributed by atoms with Crippen molar-refractivity contribution < 1.29 is 0 Å². The van der Waals surface area contributed by atoms with Gasteiger partial charge in [-0.15, -0.1) is 0 Å². The first-order chi connectivity index (χ1) is 7.92. The molecule has 0 aliphatic heterocycles. The number of allylic oxidation sites excluding steroid dienone is 2. The Kier molecular flexibility index (Phi) is 4.21. The van der Waals surface area contributed by atoms with Crippen molar-refractivity contribution in [1.82, 2.24) is 0 Å². The molecule has 1 aromatic carbocycles. The summed E-state index contributed by atoms with van der Waals surface area (Å²) in [6.07, 6.45) is 11.5. The molecular formula is C16H22. The summed E-state index contributed by atoms with van der Waals surface area (Å²) in [5.74, 6) is 1.51. The van der Waals surface area contributed by atoms with Crippen molar-refractivity contribution in [2.75, 3.05) is 0 Å². The molecule has 1 aliphatic carbocycles. The minimum Gasteiger partial charge on any atom is -0.0882 e. The van der Waals surface area contributed by atoms with Crippen LogP contribution in [-0.2, 0) is 0 Å². The zero-order chi connectivity index (χ0) is 11.2. The summed E-state index contributed by atoms with van der Waals surface area (Å²) < 4.78 is 0. The largest absolute Gasteiger partial charge is 0.0882 e. The molecule has 0 radical (unpaired) electrons. The van der Waals surface area contributed by atoms with Crippen LogP contribution < -0.4 is 0 Å². The average molecular weight is 214 g/mol. The maximum atomic E-state index is 2.46. The molecule has 0 heteroatoms. The summed E-state index contributed by atoms with van der Waals surface area (Å²) in [5.41, 5.74) is 1.53. The summed E-state index contributed by atoms with van der Waals surface area (Å²) >= 11 is 0. The smallest absolute Gasteiger partial charge is 0.00991 e. The molecule has 1 aromatic rings. The number of rotatable bonds is 4. The molecule has 2 atom stereocenters. The Bertz CT molecular complexity index is 323. The summed E-state index contributed by atoms with van der Waals surface area (Å²) in [7, 11) is 0. The second kappa shape index (κ2) is 5.89. The predicted molar refractivity (Wildman–Crippen MR) is 70.6 cm³/mol. The lowest BCUT2D eigenvalue weighted by atomic mass is 9.78. The highest BCUT2D eigenvalue weighted by Crippen LogP contribution is 2.35. The van der Waals surface area contributed by atoms with Gasteiger partial charge in [-0.2, -0.15) is 0 Å². The molecule has 0 bridgehead atoms. The van der Waals surface area contributed by atoms with Gasteiger partial charge in [-0.25, -0.2) is 0 Å². The van der Waals surface area contributed by atoms with E-state index < -0.39 is 0 Å². The van der Waals surface area contributed by atoms with Crippen LogP contribution in [0.15, 0.2) is 42.5 Å². The van der Waals surface area contributed by atoms with E-state index in [1.165, 1.54) is 37.7 Å². The monoisotopic (exact) mass is 214 g/mol. The highest BCUT2D eigenvalue weighted by molar-refractivity contribution is 5.22. The van der Waals surface area contributed by atoms with E-state index in [4.69, 9.17) is 0 Å². The van der Waals surface area contributed by atoms with Crippen molar-refractivity contribution in [2.45, 2.75) is 44.9 Å². The van der Waals surface area contributed by atoms with Crippen LogP contribution in [0.4, 0.5) is 0 Å². The van der Waals surface area contributed by atoms with Crippen molar-refractivity contribution >= 4 is 0 Å². The van der Waals surface area contributed by atoms with Crippen molar-refractivity contribution in [1.29, 1.82) is 0 Å². The van der Waals surface area contributed by atoms with Crippen molar-refractivity contribution in [3.05, 3.63) is 48.0 Å². The van der Waals surface area contributed by atoms with E-state index in [0.717, 1.165) is 11.8 Å². The third-order valence-electron chi connectivity index (χ3n) is 3.64. The van der Waals surface area contributed by atoms with Gasteiger partial charge in [0.1, 0.15) is 0 Å². The van der Waals surface area contributed by atoms with Crippen LogP contribution in [-0.4, -0.2) is 0 Å².